The lowest BCUT2D eigenvalue weighted by Gasteiger charge is -2.35. The van der Waals surface area contributed by atoms with Crippen molar-refractivity contribution >= 4 is 17.4 Å². The lowest BCUT2D eigenvalue weighted by molar-refractivity contribution is -0.176. The molecule has 2 rings (SSSR count). The van der Waals surface area contributed by atoms with Gasteiger partial charge in [-0.25, -0.2) is 9.97 Å². The summed E-state index contributed by atoms with van der Waals surface area (Å²) < 4.78 is 38.4. The lowest BCUT2D eigenvalue weighted by atomic mass is 9.97. The fourth-order valence-electron chi connectivity index (χ4n) is 2.32. The second-order valence-corrected chi connectivity index (χ2v) is 5.20. The van der Waals surface area contributed by atoms with Gasteiger partial charge < -0.3 is 4.90 Å². The maximum atomic E-state index is 12.8. The molecule has 1 unspecified atom stereocenters. The van der Waals surface area contributed by atoms with E-state index in [9.17, 15) is 13.2 Å². The van der Waals surface area contributed by atoms with Gasteiger partial charge in [0.15, 0.2) is 0 Å². The summed E-state index contributed by atoms with van der Waals surface area (Å²) in [5.41, 5.74) is 0.634. The van der Waals surface area contributed by atoms with Gasteiger partial charge >= 0.3 is 6.18 Å². The van der Waals surface area contributed by atoms with Crippen molar-refractivity contribution < 1.29 is 13.2 Å². The van der Waals surface area contributed by atoms with Crippen LogP contribution in [0.1, 0.15) is 24.2 Å². The minimum absolute atomic E-state index is 0.0584. The topological polar surface area (TPSA) is 29.0 Å². The molecule has 1 aromatic rings. The Kier molecular flexibility index (Phi) is 3.90. The Balaban J connectivity index is 2.27. The van der Waals surface area contributed by atoms with Crippen molar-refractivity contribution in [3.63, 3.8) is 0 Å². The number of anilines is 1. The maximum absolute atomic E-state index is 12.8. The van der Waals surface area contributed by atoms with Crippen LogP contribution < -0.4 is 4.90 Å². The van der Waals surface area contributed by atoms with Gasteiger partial charge in [-0.2, -0.15) is 13.2 Å². The van der Waals surface area contributed by atoms with Crippen LogP contribution in [0.25, 0.3) is 0 Å². The first-order valence-corrected chi connectivity index (χ1v) is 6.49. The van der Waals surface area contributed by atoms with Gasteiger partial charge in [0, 0.05) is 18.7 Å². The molecule has 19 heavy (non-hydrogen) atoms. The second-order valence-electron chi connectivity index (χ2n) is 4.84. The molecule has 1 saturated heterocycles. The van der Waals surface area contributed by atoms with Crippen LogP contribution in [0, 0.1) is 19.8 Å². The highest BCUT2D eigenvalue weighted by Gasteiger charge is 2.42. The van der Waals surface area contributed by atoms with Crippen molar-refractivity contribution in [2.24, 2.45) is 5.92 Å². The summed E-state index contributed by atoms with van der Waals surface area (Å²) in [6, 6.07) is 0. The molecule has 1 fully saturated rings. The number of hydrogen-bond donors (Lipinski definition) is 0. The highest BCUT2D eigenvalue weighted by Crippen LogP contribution is 2.35. The molecule has 1 aliphatic rings. The van der Waals surface area contributed by atoms with Crippen LogP contribution in [0.5, 0.6) is 0 Å². The van der Waals surface area contributed by atoms with E-state index in [1.54, 1.807) is 18.7 Å². The zero-order valence-electron chi connectivity index (χ0n) is 10.8. The first-order chi connectivity index (χ1) is 8.79. The highest BCUT2D eigenvalue weighted by molar-refractivity contribution is 6.30. The van der Waals surface area contributed by atoms with Gasteiger partial charge in [-0.3, -0.25) is 0 Å². The van der Waals surface area contributed by atoms with Crippen LogP contribution in [0.4, 0.5) is 19.0 Å². The number of piperidine rings is 1. The molecule has 1 aromatic heterocycles. The minimum Gasteiger partial charge on any atom is -0.356 e. The largest absolute Gasteiger partial charge is 0.393 e. The first kappa shape index (κ1) is 14.4. The predicted octanol–water partition coefficient (Wildman–Crippen LogP) is 3.53. The number of aromatic nitrogens is 2. The van der Waals surface area contributed by atoms with Crippen molar-refractivity contribution in [2.75, 3.05) is 18.0 Å². The smallest absolute Gasteiger partial charge is 0.356 e. The van der Waals surface area contributed by atoms with Crippen molar-refractivity contribution in [1.82, 2.24) is 9.97 Å². The average Bonchev–Trinajstić information content (AvgIpc) is 2.33. The summed E-state index contributed by atoms with van der Waals surface area (Å²) in [4.78, 5) is 9.90. The molecule has 0 radical (unpaired) electrons. The molecular formula is C12H15ClF3N3. The van der Waals surface area contributed by atoms with Crippen LogP contribution in [0.2, 0.25) is 5.15 Å². The third kappa shape index (κ3) is 3.11. The van der Waals surface area contributed by atoms with E-state index in [4.69, 9.17) is 11.6 Å². The number of halogens is 4. The van der Waals surface area contributed by atoms with Crippen molar-refractivity contribution in [1.29, 1.82) is 0 Å². The molecule has 0 saturated carbocycles. The van der Waals surface area contributed by atoms with E-state index >= 15 is 0 Å². The van der Waals surface area contributed by atoms with Crippen LogP contribution in [-0.4, -0.2) is 29.2 Å². The molecule has 0 amide bonds. The Labute approximate surface area is 114 Å². The van der Waals surface area contributed by atoms with Gasteiger partial charge in [0.2, 0.25) is 0 Å². The average molecular weight is 294 g/mol. The summed E-state index contributed by atoms with van der Waals surface area (Å²) >= 11 is 5.96. The van der Waals surface area contributed by atoms with E-state index in [0.717, 1.165) is 0 Å². The summed E-state index contributed by atoms with van der Waals surface area (Å²) in [7, 11) is 0. The number of nitrogens with zero attached hydrogens (tertiary/aromatic N) is 3. The first-order valence-electron chi connectivity index (χ1n) is 6.11. The fraction of sp³-hybridized carbons (Fsp3) is 0.667. The molecule has 2 heterocycles. The molecule has 0 bridgehead atoms. The molecule has 0 aromatic carbocycles. The van der Waals surface area contributed by atoms with E-state index in [0.29, 0.717) is 35.3 Å². The molecule has 7 heteroatoms. The lowest BCUT2D eigenvalue weighted by Crippen LogP contribution is -2.42. The van der Waals surface area contributed by atoms with E-state index < -0.39 is 12.1 Å². The Bertz CT molecular complexity index is 476. The molecule has 0 N–H and O–H groups in total. The van der Waals surface area contributed by atoms with Gasteiger partial charge in [-0.05, 0) is 26.7 Å². The summed E-state index contributed by atoms with van der Waals surface area (Å²) in [6.45, 7) is 3.92. The van der Waals surface area contributed by atoms with Gasteiger partial charge in [0.1, 0.15) is 16.8 Å². The van der Waals surface area contributed by atoms with E-state index in [1.165, 1.54) is 0 Å². The molecule has 0 aliphatic carbocycles. The van der Waals surface area contributed by atoms with E-state index in [-0.39, 0.29) is 13.0 Å². The number of aryl methyl sites for hydroxylation is 1. The predicted molar refractivity (Wildman–Crippen MR) is 67.5 cm³/mol. The van der Waals surface area contributed by atoms with Crippen LogP contribution >= 0.6 is 11.6 Å². The Morgan fingerprint density at radius 2 is 1.95 bits per heavy atom. The van der Waals surface area contributed by atoms with Gasteiger partial charge in [-0.15, -0.1) is 0 Å². The van der Waals surface area contributed by atoms with Crippen molar-refractivity contribution in [3.05, 3.63) is 16.5 Å². The standard InChI is InChI=1S/C12H15ClF3N3/c1-7-10(13)17-8(2)18-11(7)19-5-3-4-9(6-19)12(14,15)16/h9H,3-6H2,1-2H3. The van der Waals surface area contributed by atoms with E-state index in [1.807, 2.05) is 0 Å². The summed E-state index contributed by atoms with van der Waals surface area (Å²) in [5.74, 6) is -0.305. The van der Waals surface area contributed by atoms with Crippen LogP contribution in [0.15, 0.2) is 0 Å². The monoisotopic (exact) mass is 293 g/mol. The van der Waals surface area contributed by atoms with Crippen LogP contribution in [-0.2, 0) is 0 Å². The van der Waals surface area contributed by atoms with Gasteiger partial charge in [-0.1, -0.05) is 11.6 Å². The van der Waals surface area contributed by atoms with Gasteiger partial charge in [0.25, 0.3) is 0 Å². The molecule has 106 valence electrons. The second kappa shape index (κ2) is 5.15. The quantitative estimate of drug-likeness (QED) is 0.742. The molecule has 0 spiro atoms. The Morgan fingerprint density at radius 3 is 2.58 bits per heavy atom. The zero-order valence-corrected chi connectivity index (χ0v) is 11.5. The van der Waals surface area contributed by atoms with Crippen molar-refractivity contribution in [2.45, 2.75) is 32.9 Å². The summed E-state index contributed by atoms with van der Waals surface area (Å²) in [6.07, 6.45) is -3.47. The minimum atomic E-state index is -4.15. The van der Waals surface area contributed by atoms with Crippen LogP contribution in [0.3, 0.4) is 0 Å². The third-order valence-electron chi connectivity index (χ3n) is 3.36. The van der Waals surface area contributed by atoms with Gasteiger partial charge in [0.05, 0.1) is 5.92 Å². The SMILES string of the molecule is Cc1nc(Cl)c(C)c(N2CCCC(C(F)(F)F)C2)n1. The highest BCUT2D eigenvalue weighted by atomic mass is 35.5. The normalized spacial score (nSPS) is 20.7. The molecule has 1 aliphatic heterocycles. The fourth-order valence-corrected chi connectivity index (χ4v) is 2.53. The summed E-state index contributed by atoms with van der Waals surface area (Å²) in [5, 5.41) is 0.302. The molecular weight excluding hydrogens is 279 g/mol. The Hall–Kier alpha value is -1.04. The maximum Gasteiger partial charge on any atom is 0.393 e. The Morgan fingerprint density at radius 1 is 1.26 bits per heavy atom. The number of alkyl halides is 3. The number of rotatable bonds is 1. The molecule has 3 nitrogen and oxygen atoms in total. The van der Waals surface area contributed by atoms with Crippen molar-refractivity contribution in [3.8, 4) is 0 Å². The third-order valence-corrected chi connectivity index (χ3v) is 3.72. The molecule has 1 atom stereocenters. The number of hydrogen-bond acceptors (Lipinski definition) is 3. The van der Waals surface area contributed by atoms with E-state index in [2.05, 4.69) is 9.97 Å². The zero-order chi connectivity index (χ0) is 14.2.